The first-order chi connectivity index (χ1) is 8.60. The van der Waals surface area contributed by atoms with Gasteiger partial charge in [0.05, 0.1) is 6.10 Å². The molecule has 0 aliphatic carbocycles. The van der Waals surface area contributed by atoms with E-state index >= 15 is 0 Å². The maximum atomic E-state index is 9.76. The molecule has 1 fully saturated rings. The molecule has 2 rings (SSSR count). The van der Waals surface area contributed by atoms with Gasteiger partial charge in [0.1, 0.15) is 5.82 Å². The van der Waals surface area contributed by atoms with E-state index in [2.05, 4.69) is 27.1 Å². The van der Waals surface area contributed by atoms with Crippen LogP contribution in [0, 0.1) is 12.8 Å². The molecule has 0 aromatic carbocycles. The van der Waals surface area contributed by atoms with E-state index in [4.69, 9.17) is 0 Å². The molecule has 2 unspecified atom stereocenters. The number of rotatable bonds is 3. The third kappa shape index (κ3) is 2.90. The summed E-state index contributed by atoms with van der Waals surface area (Å²) in [5.74, 6) is 1.93. The first kappa shape index (κ1) is 13.1. The van der Waals surface area contributed by atoms with Gasteiger partial charge in [0.2, 0.25) is 5.95 Å². The molecule has 1 aromatic rings. The van der Waals surface area contributed by atoms with Crippen molar-refractivity contribution in [2.75, 3.05) is 29.9 Å². The van der Waals surface area contributed by atoms with Crippen molar-refractivity contribution in [1.29, 1.82) is 0 Å². The Balaban J connectivity index is 2.17. The second-order valence-electron chi connectivity index (χ2n) is 5.00. The summed E-state index contributed by atoms with van der Waals surface area (Å²) in [7, 11) is 0. The van der Waals surface area contributed by atoms with E-state index in [0.29, 0.717) is 5.95 Å². The Morgan fingerprint density at radius 2 is 2.28 bits per heavy atom. The van der Waals surface area contributed by atoms with Crippen LogP contribution in [-0.4, -0.2) is 40.8 Å². The molecule has 2 N–H and O–H groups in total. The van der Waals surface area contributed by atoms with Crippen LogP contribution in [0.1, 0.15) is 26.0 Å². The Morgan fingerprint density at radius 3 is 2.94 bits per heavy atom. The van der Waals surface area contributed by atoms with Crippen LogP contribution < -0.4 is 10.2 Å². The third-order valence-electron chi connectivity index (χ3n) is 3.36. The average molecular weight is 250 g/mol. The molecule has 2 atom stereocenters. The number of aliphatic hydroxyl groups is 1. The molecule has 1 saturated heterocycles. The molecule has 5 heteroatoms. The highest BCUT2D eigenvalue weighted by Crippen LogP contribution is 2.23. The van der Waals surface area contributed by atoms with Crippen LogP contribution in [0.25, 0.3) is 0 Å². The predicted molar refractivity (Wildman–Crippen MR) is 72.9 cm³/mol. The van der Waals surface area contributed by atoms with Gasteiger partial charge < -0.3 is 15.3 Å². The van der Waals surface area contributed by atoms with E-state index < -0.39 is 0 Å². The highest BCUT2D eigenvalue weighted by molar-refractivity contribution is 5.45. The number of hydrogen-bond acceptors (Lipinski definition) is 5. The predicted octanol–water partition coefficient (Wildman–Crippen LogP) is 1.42. The fourth-order valence-electron chi connectivity index (χ4n) is 2.29. The number of aliphatic hydroxyl groups excluding tert-OH is 1. The summed E-state index contributed by atoms with van der Waals surface area (Å²) in [6, 6.07) is 2.01. The Labute approximate surface area is 108 Å². The molecule has 0 spiro atoms. The summed E-state index contributed by atoms with van der Waals surface area (Å²) in [5.41, 5.74) is 0.967. The Bertz CT molecular complexity index is 410. The second kappa shape index (κ2) is 5.52. The molecule has 1 aliphatic heterocycles. The van der Waals surface area contributed by atoms with Crippen LogP contribution in [0.5, 0.6) is 0 Å². The van der Waals surface area contributed by atoms with Crippen molar-refractivity contribution >= 4 is 11.8 Å². The van der Waals surface area contributed by atoms with Crippen molar-refractivity contribution in [3.63, 3.8) is 0 Å². The lowest BCUT2D eigenvalue weighted by atomic mass is 9.97. The third-order valence-corrected chi connectivity index (χ3v) is 3.36. The van der Waals surface area contributed by atoms with Gasteiger partial charge >= 0.3 is 0 Å². The lowest BCUT2D eigenvalue weighted by Gasteiger charge is -2.35. The normalized spacial score (nSPS) is 24.1. The first-order valence-corrected chi connectivity index (χ1v) is 6.62. The van der Waals surface area contributed by atoms with Crippen LogP contribution in [0.2, 0.25) is 0 Å². The Hall–Kier alpha value is -1.36. The molecule has 1 aliphatic rings. The molecule has 0 bridgehead atoms. The maximum absolute atomic E-state index is 9.76. The molecule has 1 aromatic heterocycles. The standard InChI is InChI=1S/C13H22N4O/c1-4-14-13-15-10(3)7-12(16-13)17-6-5-11(18)9(2)8-17/h7,9,11,18H,4-6,8H2,1-3H3,(H,14,15,16). The van der Waals surface area contributed by atoms with Crippen molar-refractivity contribution in [1.82, 2.24) is 9.97 Å². The smallest absolute Gasteiger partial charge is 0.224 e. The van der Waals surface area contributed by atoms with Crippen LogP contribution in [0.3, 0.4) is 0 Å². The van der Waals surface area contributed by atoms with E-state index in [1.165, 1.54) is 0 Å². The number of anilines is 2. The quantitative estimate of drug-likeness (QED) is 0.849. The zero-order valence-electron chi connectivity index (χ0n) is 11.3. The van der Waals surface area contributed by atoms with Gasteiger partial charge in [-0.15, -0.1) is 0 Å². The molecule has 5 nitrogen and oxygen atoms in total. The van der Waals surface area contributed by atoms with E-state index in [1.807, 2.05) is 19.9 Å². The highest BCUT2D eigenvalue weighted by atomic mass is 16.3. The Morgan fingerprint density at radius 1 is 1.50 bits per heavy atom. The van der Waals surface area contributed by atoms with Gasteiger partial charge in [-0.25, -0.2) is 4.98 Å². The van der Waals surface area contributed by atoms with Crippen molar-refractivity contribution in [2.45, 2.75) is 33.3 Å². The van der Waals surface area contributed by atoms with E-state index in [-0.39, 0.29) is 12.0 Å². The minimum Gasteiger partial charge on any atom is -0.393 e. The minimum atomic E-state index is -0.183. The number of nitrogens with zero attached hydrogens (tertiary/aromatic N) is 3. The van der Waals surface area contributed by atoms with E-state index in [0.717, 1.165) is 37.6 Å². The minimum absolute atomic E-state index is 0.183. The molecule has 18 heavy (non-hydrogen) atoms. The van der Waals surface area contributed by atoms with Gasteiger partial charge in [0, 0.05) is 31.4 Å². The summed E-state index contributed by atoms with van der Waals surface area (Å²) in [5, 5.41) is 12.9. The topological polar surface area (TPSA) is 61.3 Å². The number of hydrogen-bond donors (Lipinski definition) is 2. The fraction of sp³-hybridized carbons (Fsp3) is 0.692. The molecule has 0 radical (unpaired) electrons. The van der Waals surface area contributed by atoms with Crippen molar-refractivity contribution in [2.24, 2.45) is 5.92 Å². The van der Waals surface area contributed by atoms with Crippen LogP contribution in [0.15, 0.2) is 6.07 Å². The fourth-order valence-corrected chi connectivity index (χ4v) is 2.29. The highest BCUT2D eigenvalue weighted by Gasteiger charge is 2.25. The largest absolute Gasteiger partial charge is 0.393 e. The molecular formula is C13H22N4O. The average Bonchev–Trinajstić information content (AvgIpc) is 2.32. The molecule has 2 heterocycles. The summed E-state index contributed by atoms with van der Waals surface area (Å²) in [4.78, 5) is 11.1. The van der Waals surface area contributed by atoms with Crippen molar-refractivity contribution in [3.8, 4) is 0 Å². The zero-order chi connectivity index (χ0) is 13.1. The van der Waals surface area contributed by atoms with Crippen LogP contribution >= 0.6 is 0 Å². The van der Waals surface area contributed by atoms with Crippen molar-refractivity contribution in [3.05, 3.63) is 11.8 Å². The van der Waals surface area contributed by atoms with Crippen LogP contribution in [-0.2, 0) is 0 Å². The summed E-state index contributed by atoms with van der Waals surface area (Å²) >= 11 is 0. The van der Waals surface area contributed by atoms with Gasteiger partial charge in [0.25, 0.3) is 0 Å². The second-order valence-corrected chi connectivity index (χ2v) is 5.00. The maximum Gasteiger partial charge on any atom is 0.224 e. The molecule has 100 valence electrons. The van der Waals surface area contributed by atoms with E-state index in [9.17, 15) is 5.11 Å². The SMILES string of the molecule is CCNc1nc(C)cc(N2CCC(O)C(C)C2)n1. The van der Waals surface area contributed by atoms with E-state index in [1.54, 1.807) is 0 Å². The van der Waals surface area contributed by atoms with Gasteiger partial charge in [-0.05, 0) is 26.2 Å². The molecule has 0 saturated carbocycles. The van der Waals surface area contributed by atoms with Gasteiger partial charge in [0.15, 0.2) is 0 Å². The van der Waals surface area contributed by atoms with Gasteiger partial charge in [-0.1, -0.05) is 6.92 Å². The molecule has 0 amide bonds. The summed E-state index contributed by atoms with van der Waals surface area (Å²) in [6.07, 6.45) is 0.623. The summed E-state index contributed by atoms with van der Waals surface area (Å²) in [6.45, 7) is 8.61. The lowest BCUT2D eigenvalue weighted by Crippen LogP contribution is -2.42. The Kier molecular flexibility index (Phi) is 4.01. The van der Waals surface area contributed by atoms with Crippen molar-refractivity contribution < 1.29 is 5.11 Å². The first-order valence-electron chi connectivity index (χ1n) is 6.62. The monoisotopic (exact) mass is 250 g/mol. The van der Waals surface area contributed by atoms with Gasteiger partial charge in [-0.2, -0.15) is 4.98 Å². The number of aryl methyl sites for hydroxylation is 1. The molecular weight excluding hydrogens is 228 g/mol. The number of nitrogens with one attached hydrogen (secondary N) is 1. The number of aromatic nitrogens is 2. The van der Waals surface area contributed by atoms with Gasteiger partial charge in [-0.3, -0.25) is 0 Å². The number of piperidine rings is 1. The van der Waals surface area contributed by atoms with Crippen LogP contribution in [0.4, 0.5) is 11.8 Å². The summed E-state index contributed by atoms with van der Waals surface area (Å²) < 4.78 is 0. The zero-order valence-corrected chi connectivity index (χ0v) is 11.3. The lowest BCUT2D eigenvalue weighted by molar-refractivity contribution is 0.0969.